The van der Waals surface area contributed by atoms with Gasteiger partial charge in [-0.2, -0.15) is 0 Å². The van der Waals surface area contributed by atoms with E-state index in [1.54, 1.807) is 0 Å². The van der Waals surface area contributed by atoms with Crippen molar-refractivity contribution in [3.8, 4) is 5.75 Å². The van der Waals surface area contributed by atoms with Crippen molar-refractivity contribution in [2.45, 2.75) is 26.2 Å². The Hall–Kier alpha value is -1.75. The Labute approximate surface area is 140 Å². The Kier molecular flexibility index (Phi) is 7.20. The molecule has 23 heavy (non-hydrogen) atoms. The van der Waals surface area contributed by atoms with Crippen molar-refractivity contribution in [2.75, 3.05) is 46.9 Å². The number of guanidine groups is 1. The van der Waals surface area contributed by atoms with Crippen LogP contribution in [0.4, 0.5) is 0 Å². The first-order valence-electron chi connectivity index (χ1n) is 8.60. The number of aliphatic imine (C=N–C) groups is 1. The van der Waals surface area contributed by atoms with Gasteiger partial charge in [0.15, 0.2) is 5.96 Å². The van der Waals surface area contributed by atoms with Crippen LogP contribution in [0.2, 0.25) is 0 Å². The molecule has 1 aromatic rings. The molecule has 5 heteroatoms. The van der Waals surface area contributed by atoms with Crippen molar-refractivity contribution in [2.24, 2.45) is 4.99 Å². The van der Waals surface area contributed by atoms with E-state index in [4.69, 9.17) is 4.74 Å². The van der Waals surface area contributed by atoms with Gasteiger partial charge in [-0.1, -0.05) is 12.1 Å². The van der Waals surface area contributed by atoms with Crippen molar-refractivity contribution in [3.63, 3.8) is 0 Å². The van der Waals surface area contributed by atoms with Crippen LogP contribution in [0.5, 0.6) is 5.75 Å². The summed E-state index contributed by atoms with van der Waals surface area (Å²) in [5.41, 5.74) is 2.69. The molecule has 0 saturated carbocycles. The van der Waals surface area contributed by atoms with E-state index in [1.807, 2.05) is 0 Å². The zero-order valence-electron chi connectivity index (χ0n) is 14.7. The first kappa shape index (κ1) is 17.6. The molecule has 2 rings (SSSR count). The number of ether oxygens (including phenoxy) is 1. The molecule has 0 amide bonds. The van der Waals surface area contributed by atoms with Crippen LogP contribution in [0.15, 0.2) is 23.2 Å². The lowest BCUT2D eigenvalue weighted by atomic mass is 10.1. The van der Waals surface area contributed by atoms with Gasteiger partial charge in [0.1, 0.15) is 5.75 Å². The van der Waals surface area contributed by atoms with Gasteiger partial charge in [0.05, 0.1) is 6.61 Å². The lowest BCUT2D eigenvalue weighted by Crippen LogP contribution is -2.38. The maximum Gasteiger partial charge on any atom is 0.191 e. The third-order valence-corrected chi connectivity index (χ3v) is 3.84. The number of fused-ring (bicyclic) bond motifs is 1. The Bertz CT molecular complexity index is 514. The Morgan fingerprint density at radius 2 is 2.17 bits per heavy atom. The second-order valence-electron chi connectivity index (χ2n) is 6.13. The van der Waals surface area contributed by atoms with E-state index in [-0.39, 0.29) is 0 Å². The lowest BCUT2D eigenvalue weighted by molar-refractivity contribution is 0.357. The third-order valence-electron chi connectivity index (χ3n) is 3.84. The molecule has 0 bridgehead atoms. The van der Waals surface area contributed by atoms with E-state index in [2.05, 4.69) is 59.7 Å². The largest absolute Gasteiger partial charge is 0.493 e. The predicted molar refractivity (Wildman–Crippen MR) is 96.5 cm³/mol. The van der Waals surface area contributed by atoms with Crippen molar-refractivity contribution in [1.82, 2.24) is 15.5 Å². The van der Waals surface area contributed by atoms with E-state index >= 15 is 0 Å². The number of nitrogens with zero attached hydrogens (tertiary/aromatic N) is 2. The zero-order chi connectivity index (χ0) is 16.5. The maximum absolute atomic E-state index is 5.55. The van der Waals surface area contributed by atoms with Crippen molar-refractivity contribution >= 4 is 5.96 Å². The molecule has 1 heterocycles. The summed E-state index contributed by atoms with van der Waals surface area (Å²) in [5.74, 6) is 1.97. The topological polar surface area (TPSA) is 48.9 Å². The monoisotopic (exact) mass is 318 g/mol. The zero-order valence-corrected chi connectivity index (χ0v) is 14.7. The van der Waals surface area contributed by atoms with Gasteiger partial charge in [-0.15, -0.1) is 0 Å². The number of benzene rings is 1. The molecular weight excluding hydrogens is 288 g/mol. The van der Waals surface area contributed by atoms with Crippen molar-refractivity contribution in [1.29, 1.82) is 0 Å². The Morgan fingerprint density at radius 3 is 2.96 bits per heavy atom. The first-order chi connectivity index (χ1) is 11.2. The van der Waals surface area contributed by atoms with E-state index in [0.29, 0.717) is 0 Å². The Morgan fingerprint density at radius 1 is 1.30 bits per heavy atom. The number of nitrogens with one attached hydrogen (secondary N) is 2. The quantitative estimate of drug-likeness (QED) is 0.435. The minimum absolute atomic E-state index is 0.821. The molecule has 0 unspecified atom stereocenters. The summed E-state index contributed by atoms with van der Waals surface area (Å²) in [6.45, 7) is 6.61. The van der Waals surface area contributed by atoms with Gasteiger partial charge in [0.25, 0.3) is 0 Å². The standard InChI is InChI=1S/C18H30N4O/c1-4-19-18(20-10-5-12-22(2)3)21-11-8-15-6-7-17-16(14-15)9-13-23-17/h6-7,14H,4-5,8-13H2,1-3H3,(H2,19,20,21). The third kappa shape index (κ3) is 6.10. The molecule has 1 aliphatic rings. The van der Waals surface area contributed by atoms with Gasteiger partial charge in [-0.25, -0.2) is 0 Å². The summed E-state index contributed by atoms with van der Waals surface area (Å²) in [7, 11) is 4.18. The highest BCUT2D eigenvalue weighted by molar-refractivity contribution is 5.79. The Balaban J connectivity index is 1.76. The molecule has 5 nitrogen and oxygen atoms in total. The summed E-state index contributed by atoms with van der Waals surface area (Å²) < 4.78 is 5.55. The molecule has 128 valence electrons. The molecule has 0 aromatic heterocycles. The van der Waals surface area contributed by atoms with Crippen LogP contribution in [0.3, 0.4) is 0 Å². The normalized spacial score (nSPS) is 13.8. The minimum atomic E-state index is 0.821. The van der Waals surface area contributed by atoms with Gasteiger partial charge < -0.3 is 20.3 Å². The highest BCUT2D eigenvalue weighted by atomic mass is 16.5. The van der Waals surface area contributed by atoms with Gasteiger partial charge in [-0.3, -0.25) is 4.99 Å². The summed E-state index contributed by atoms with van der Waals surface area (Å²) in [6.07, 6.45) is 3.11. The predicted octanol–water partition coefficient (Wildman–Crippen LogP) is 1.67. The van der Waals surface area contributed by atoms with Gasteiger partial charge in [0, 0.05) is 26.1 Å². The highest BCUT2D eigenvalue weighted by Gasteiger charge is 2.11. The fourth-order valence-corrected chi connectivity index (χ4v) is 2.64. The molecule has 0 spiro atoms. The molecule has 0 aliphatic carbocycles. The van der Waals surface area contributed by atoms with E-state index in [1.165, 1.54) is 11.1 Å². The molecule has 1 aliphatic heterocycles. The van der Waals surface area contributed by atoms with Crippen LogP contribution in [0.25, 0.3) is 0 Å². The smallest absolute Gasteiger partial charge is 0.191 e. The minimum Gasteiger partial charge on any atom is -0.493 e. The summed E-state index contributed by atoms with van der Waals surface area (Å²) in [4.78, 5) is 6.81. The molecule has 0 fully saturated rings. The number of hydrogen-bond acceptors (Lipinski definition) is 3. The van der Waals surface area contributed by atoms with Gasteiger partial charge >= 0.3 is 0 Å². The SMILES string of the molecule is CCNC(=NCCCN(C)C)NCCc1ccc2c(c1)CCO2. The van der Waals surface area contributed by atoms with Crippen LogP contribution in [0.1, 0.15) is 24.5 Å². The lowest BCUT2D eigenvalue weighted by Gasteiger charge is -2.12. The van der Waals surface area contributed by atoms with Crippen LogP contribution < -0.4 is 15.4 Å². The second-order valence-corrected chi connectivity index (χ2v) is 6.13. The van der Waals surface area contributed by atoms with Crippen LogP contribution in [0, 0.1) is 0 Å². The van der Waals surface area contributed by atoms with E-state index in [9.17, 15) is 0 Å². The average Bonchev–Trinajstić information content (AvgIpc) is 2.99. The van der Waals surface area contributed by atoms with Gasteiger partial charge in [0.2, 0.25) is 0 Å². The van der Waals surface area contributed by atoms with E-state index in [0.717, 1.165) is 63.8 Å². The van der Waals surface area contributed by atoms with Crippen LogP contribution in [-0.2, 0) is 12.8 Å². The fourth-order valence-electron chi connectivity index (χ4n) is 2.64. The molecule has 0 radical (unpaired) electrons. The first-order valence-corrected chi connectivity index (χ1v) is 8.60. The van der Waals surface area contributed by atoms with Crippen LogP contribution in [-0.4, -0.2) is 57.7 Å². The van der Waals surface area contributed by atoms with Crippen LogP contribution >= 0.6 is 0 Å². The molecule has 1 aromatic carbocycles. The number of hydrogen-bond donors (Lipinski definition) is 2. The van der Waals surface area contributed by atoms with Gasteiger partial charge in [-0.05, 0) is 57.6 Å². The molecular formula is C18H30N4O. The number of rotatable bonds is 8. The van der Waals surface area contributed by atoms with Crippen molar-refractivity contribution < 1.29 is 4.74 Å². The van der Waals surface area contributed by atoms with E-state index < -0.39 is 0 Å². The molecule has 2 N–H and O–H groups in total. The maximum atomic E-state index is 5.55. The summed E-state index contributed by atoms with van der Waals surface area (Å²) in [6, 6.07) is 6.52. The molecule has 0 saturated heterocycles. The molecule has 0 atom stereocenters. The van der Waals surface area contributed by atoms with Crippen molar-refractivity contribution in [3.05, 3.63) is 29.3 Å². The summed E-state index contributed by atoms with van der Waals surface area (Å²) in [5, 5.41) is 6.72. The summed E-state index contributed by atoms with van der Waals surface area (Å²) >= 11 is 0. The highest BCUT2D eigenvalue weighted by Crippen LogP contribution is 2.25. The fraction of sp³-hybridized carbons (Fsp3) is 0.611. The average molecular weight is 318 g/mol. The second kappa shape index (κ2) is 9.40.